The van der Waals surface area contributed by atoms with Crippen molar-refractivity contribution in [3.8, 4) is 0 Å². The number of carbonyl (C=O) groups is 1. The van der Waals surface area contributed by atoms with E-state index < -0.39 is 0 Å². The molecule has 18 heavy (non-hydrogen) atoms. The largest absolute Gasteiger partial charge is 0.299 e. The van der Waals surface area contributed by atoms with E-state index in [9.17, 15) is 4.79 Å². The molecule has 0 radical (unpaired) electrons. The highest BCUT2D eigenvalue weighted by molar-refractivity contribution is 5.87. The number of rotatable bonds is 3. The molecule has 0 N–H and O–H groups in total. The molecular weight excluding hydrogens is 220 g/mol. The monoisotopic (exact) mass is 246 g/mol. The molecule has 4 rings (SSSR count). The number of allylic oxidation sites excluding steroid dienone is 1. The Morgan fingerprint density at radius 3 is 2.11 bits per heavy atom. The summed E-state index contributed by atoms with van der Waals surface area (Å²) >= 11 is 0. The van der Waals surface area contributed by atoms with E-state index >= 15 is 0 Å². The molecule has 0 saturated heterocycles. The lowest BCUT2D eigenvalue weighted by Gasteiger charge is -2.64. The minimum atomic E-state index is 0.0157. The number of Topliss-reactive ketones (excluding diaryl/α,β-unsaturated/α-hetero) is 1. The van der Waals surface area contributed by atoms with Crippen molar-refractivity contribution in [1.29, 1.82) is 0 Å². The molecule has 1 heteroatoms. The maximum absolute atomic E-state index is 12.7. The van der Waals surface area contributed by atoms with Crippen LogP contribution in [0.4, 0.5) is 0 Å². The van der Waals surface area contributed by atoms with Crippen molar-refractivity contribution in [2.75, 3.05) is 0 Å². The average Bonchev–Trinajstić information content (AvgIpc) is 2.09. The summed E-state index contributed by atoms with van der Waals surface area (Å²) in [6, 6.07) is 0. The van der Waals surface area contributed by atoms with Crippen molar-refractivity contribution >= 4 is 5.78 Å². The summed E-state index contributed by atoms with van der Waals surface area (Å²) in [5.74, 6) is 1.31. The van der Waals surface area contributed by atoms with E-state index in [1.807, 2.05) is 6.92 Å². The molecule has 0 spiro atoms. The second kappa shape index (κ2) is 3.49. The first-order valence-electron chi connectivity index (χ1n) is 7.42. The Kier molecular flexibility index (Phi) is 2.41. The van der Waals surface area contributed by atoms with Gasteiger partial charge in [-0.05, 0) is 62.2 Å². The molecule has 2 unspecified atom stereocenters. The summed E-state index contributed by atoms with van der Waals surface area (Å²) < 4.78 is 0. The van der Waals surface area contributed by atoms with E-state index in [4.69, 9.17) is 0 Å². The molecule has 0 amide bonds. The van der Waals surface area contributed by atoms with E-state index in [0.717, 1.165) is 24.3 Å². The maximum Gasteiger partial charge on any atom is 0.143 e. The molecular formula is C17H26O. The van der Waals surface area contributed by atoms with Gasteiger partial charge >= 0.3 is 0 Å². The first-order chi connectivity index (χ1) is 8.24. The van der Waals surface area contributed by atoms with Crippen molar-refractivity contribution in [2.24, 2.45) is 22.2 Å². The molecule has 4 aliphatic rings. The van der Waals surface area contributed by atoms with E-state index in [2.05, 4.69) is 20.4 Å². The van der Waals surface area contributed by atoms with Gasteiger partial charge in [0.2, 0.25) is 0 Å². The van der Waals surface area contributed by atoms with Gasteiger partial charge in [-0.1, -0.05) is 26.0 Å². The van der Waals surface area contributed by atoms with Gasteiger partial charge in [-0.15, -0.1) is 0 Å². The fraction of sp³-hybridized carbons (Fsp3) is 0.824. The lowest BCUT2D eigenvalue weighted by molar-refractivity contribution is -0.167. The summed E-state index contributed by atoms with van der Waals surface area (Å²) in [6.45, 7) is 10.8. The Labute approximate surface area is 111 Å². The van der Waals surface area contributed by atoms with Gasteiger partial charge in [0.15, 0.2) is 0 Å². The first-order valence-corrected chi connectivity index (χ1v) is 7.42. The highest BCUT2D eigenvalue weighted by atomic mass is 16.1. The predicted molar refractivity (Wildman–Crippen MR) is 74.3 cm³/mol. The molecule has 4 bridgehead atoms. The molecule has 4 saturated carbocycles. The van der Waals surface area contributed by atoms with Gasteiger partial charge in [0.1, 0.15) is 5.78 Å². The fourth-order valence-electron chi connectivity index (χ4n) is 6.22. The van der Waals surface area contributed by atoms with Crippen LogP contribution in [0.2, 0.25) is 0 Å². The zero-order valence-electron chi connectivity index (χ0n) is 12.1. The van der Waals surface area contributed by atoms with Gasteiger partial charge in [0.25, 0.3) is 0 Å². The molecule has 0 heterocycles. The van der Waals surface area contributed by atoms with Crippen LogP contribution >= 0.6 is 0 Å². The van der Waals surface area contributed by atoms with Crippen LogP contribution in [0.15, 0.2) is 12.2 Å². The SMILES string of the molecule is C=C(C)CC(=O)C12CC3CC(C)(CC(C)(C3)C1)C2. The Morgan fingerprint density at radius 1 is 1.11 bits per heavy atom. The Bertz CT molecular complexity index is 401. The van der Waals surface area contributed by atoms with Gasteiger partial charge in [-0.25, -0.2) is 0 Å². The number of hydrogen-bond acceptors (Lipinski definition) is 1. The van der Waals surface area contributed by atoms with Crippen molar-refractivity contribution < 1.29 is 4.79 Å². The van der Waals surface area contributed by atoms with Crippen molar-refractivity contribution in [1.82, 2.24) is 0 Å². The van der Waals surface area contributed by atoms with Crippen LogP contribution in [0, 0.1) is 22.2 Å². The quantitative estimate of drug-likeness (QED) is 0.669. The standard InChI is InChI=1S/C17H26O/c1-12(2)5-14(18)17-8-13-6-15(3,10-17)9-16(4,7-13)11-17/h13H,1,5-11H2,2-4H3. The van der Waals surface area contributed by atoms with Crippen LogP contribution < -0.4 is 0 Å². The van der Waals surface area contributed by atoms with Gasteiger partial charge in [-0.3, -0.25) is 4.79 Å². The van der Waals surface area contributed by atoms with E-state index in [1.165, 1.54) is 25.7 Å². The molecule has 0 aromatic rings. The third kappa shape index (κ3) is 1.78. The molecule has 0 aliphatic heterocycles. The van der Waals surface area contributed by atoms with E-state index in [-0.39, 0.29) is 5.41 Å². The Balaban J connectivity index is 1.93. The normalized spacial score (nSPS) is 49.4. The first kappa shape index (κ1) is 12.4. The van der Waals surface area contributed by atoms with Crippen molar-refractivity contribution in [3.63, 3.8) is 0 Å². The summed E-state index contributed by atoms with van der Waals surface area (Å²) in [5.41, 5.74) is 1.94. The summed E-state index contributed by atoms with van der Waals surface area (Å²) in [5, 5.41) is 0. The minimum absolute atomic E-state index is 0.0157. The van der Waals surface area contributed by atoms with Crippen molar-refractivity contribution in [3.05, 3.63) is 12.2 Å². The zero-order valence-corrected chi connectivity index (χ0v) is 12.1. The molecule has 0 aromatic heterocycles. The molecule has 1 nitrogen and oxygen atoms in total. The zero-order chi connectivity index (χ0) is 13.2. The predicted octanol–water partition coefficient (Wildman–Crippen LogP) is 4.52. The topological polar surface area (TPSA) is 17.1 Å². The molecule has 4 fully saturated rings. The van der Waals surface area contributed by atoms with Crippen LogP contribution in [-0.2, 0) is 4.79 Å². The number of ketones is 1. The molecule has 100 valence electrons. The van der Waals surface area contributed by atoms with E-state index in [0.29, 0.717) is 23.0 Å². The van der Waals surface area contributed by atoms with Gasteiger partial charge < -0.3 is 0 Å². The van der Waals surface area contributed by atoms with Crippen LogP contribution in [0.5, 0.6) is 0 Å². The van der Waals surface area contributed by atoms with E-state index in [1.54, 1.807) is 0 Å². The Morgan fingerprint density at radius 2 is 1.67 bits per heavy atom. The highest BCUT2D eigenvalue weighted by Gasteiger charge is 2.62. The lowest BCUT2D eigenvalue weighted by atomic mass is 9.39. The average molecular weight is 246 g/mol. The van der Waals surface area contributed by atoms with Crippen molar-refractivity contribution in [2.45, 2.75) is 65.7 Å². The van der Waals surface area contributed by atoms with Crippen LogP contribution in [0.1, 0.15) is 65.7 Å². The smallest absolute Gasteiger partial charge is 0.143 e. The van der Waals surface area contributed by atoms with Crippen LogP contribution in [0.3, 0.4) is 0 Å². The highest BCUT2D eigenvalue weighted by Crippen LogP contribution is 2.69. The van der Waals surface area contributed by atoms with Gasteiger partial charge in [0, 0.05) is 11.8 Å². The summed E-state index contributed by atoms with van der Waals surface area (Å²) in [6.07, 6.45) is 8.16. The fourth-order valence-corrected chi connectivity index (χ4v) is 6.22. The third-order valence-corrected chi connectivity index (χ3v) is 5.68. The van der Waals surface area contributed by atoms with Crippen LogP contribution in [-0.4, -0.2) is 5.78 Å². The second-order valence-corrected chi connectivity index (χ2v) is 8.47. The maximum atomic E-state index is 12.7. The second-order valence-electron chi connectivity index (χ2n) is 8.47. The molecule has 2 atom stereocenters. The number of hydrogen-bond donors (Lipinski definition) is 0. The van der Waals surface area contributed by atoms with Gasteiger partial charge in [0.05, 0.1) is 0 Å². The molecule has 0 aromatic carbocycles. The summed E-state index contributed by atoms with van der Waals surface area (Å²) in [4.78, 5) is 12.7. The lowest BCUT2D eigenvalue weighted by Crippen LogP contribution is -2.57. The minimum Gasteiger partial charge on any atom is -0.299 e. The Hall–Kier alpha value is -0.590. The van der Waals surface area contributed by atoms with Gasteiger partial charge in [-0.2, -0.15) is 0 Å². The van der Waals surface area contributed by atoms with Crippen LogP contribution in [0.25, 0.3) is 0 Å². The third-order valence-electron chi connectivity index (χ3n) is 5.68. The molecule has 4 aliphatic carbocycles. The summed E-state index contributed by atoms with van der Waals surface area (Å²) in [7, 11) is 0. The number of carbonyl (C=O) groups excluding carboxylic acids is 1.